The van der Waals surface area contributed by atoms with Gasteiger partial charge in [-0.25, -0.2) is 0 Å². The minimum absolute atomic E-state index is 0.454. The van der Waals surface area contributed by atoms with Gasteiger partial charge < -0.3 is 19.2 Å². The van der Waals surface area contributed by atoms with Crippen molar-refractivity contribution in [1.82, 2.24) is 15.5 Å². The van der Waals surface area contributed by atoms with Gasteiger partial charge in [-0.2, -0.15) is 0 Å². The first kappa shape index (κ1) is 12.0. The van der Waals surface area contributed by atoms with E-state index >= 15 is 0 Å². The van der Waals surface area contributed by atoms with E-state index in [2.05, 4.69) is 15.5 Å². The SMILES string of the molecule is CCNCc1nnc(-c2cccc3c2OCCO3)o1. The Balaban J connectivity index is 1.91. The summed E-state index contributed by atoms with van der Waals surface area (Å²) in [6.07, 6.45) is 0. The van der Waals surface area contributed by atoms with E-state index in [0.29, 0.717) is 37.3 Å². The fraction of sp³-hybridized carbons (Fsp3) is 0.385. The van der Waals surface area contributed by atoms with E-state index in [-0.39, 0.29) is 0 Å². The molecule has 0 saturated carbocycles. The van der Waals surface area contributed by atoms with Gasteiger partial charge in [-0.15, -0.1) is 10.2 Å². The number of ether oxygens (including phenoxy) is 2. The number of hydrogen-bond acceptors (Lipinski definition) is 6. The zero-order chi connectivity index (χ0) is 13.1. The molecule has 1 aliphatic rings. The summed E-state index contributed by atoms with van der Waals surface area (Å²) in [5.41, 5.74) is 0.771. The number of para-hydroxylation sites is 1. The van der Waals surface area contributed by atoms with Crippen LogP contribution in [0, 0.1) is 0 Å². The maximum absolute atomic E-state index is 5.63. The molecule has 0 aliphatic carbocycles. The van der Waals surface area contributed by atoms with Crippen LogP contribution in [0.4, 0.5) is 0 Å². The van der Waals surface area contributed by atoms with Crippen LogP contribution in [0.25, 0.3) is 11.5 Å². The molecule has 0 radical (unpaired) electrons. The molecule has 6 nitrogen and oxygen atoms in total. The molecule has 0 unspecified atom stereocenters. The molecule has 0 bridgehead atoms. The molecule has 2 aromatic rings. The number of fused-ring (bicyclic) bond motifs is 1. The fourth-order valence-corrected chi connectivity index (χ4v) is 1.91. The predicted molar refractivity (Wildman–Crippen MR) is 68.1 cm³/mol. The van der Waals surface area contributed by atoms with Gasteiger partial charge in [-0.05, 0) is 18.7 Å². The normalized spacial score (nSPS) is 13.5. The lowest BCUT2D eigenvalue weighted by atomic mass is 10.2. The maximum Gasteiger partial charge on any atom is 0.251 e. The summed E-state index contributed by atoms with van der Waals surface area (Å²) in [4.78, 5) is 0. The third-order valence-corrected chi connectivity index (χ3v) is 2.79. The van der Waals surface area contributed by atoms with Crippen molar-refractivity contribution in [1.29, 1.82) is 0 Å². The first-order valence-electron chi connectivity index (χ1n) is 6.30. The second-order valence-corrected chi connectivity index (χ2v) is 4.11. The Kier molecular flexibility index (Phi) is 3.33. The highest BCUT2D eigenvalue weighted by atomic mass is 16.6. The average molecular weight is 261 g/mol. The highest BCUT2D eigenvalue weighted by molar-refractivity contribution is 5.67. The van der Waals surface area contributed by atoms with E-state index in [9.17, 15) is 0 Å². The molecule has 0 amide bonds. The monoisotopic (exact) mass is 261 g/mol. The third kappa shape index (κ3) is 2.39. The predicted octanol–water partition coefficient (Wildman–Crippen LogP) is 1.62. The number of benzene rings is 1. The molecule has 0 saturated heterocycles. The largest absolute Gasteiger partial charge is 0.486 e. The molecule has 2 heterocycles. The minimum Gasteiger partial charge on any atom is -0.486 e. The zero-order valence-corrected chi connectivity index (χ0v) is 10.7. The van der Waals surface area contributed by atoms with Crippen molar-refractivity contribution in [3.05, 3.63) is 24.1 Å². The van der Waals surface area contributed by atoms with Crippen LogP contribution in [0.3, 0.4) is 0 Å². The van der Waals surface area contributed by atoms with Gasteiger partial charge in [0.05, 0.1) is 12.1 Å². The topological polar surface area (TPSA) is 69.4 Å². The van der Waals surface area contributed by atoms with Crippen LogP contribution in [-0.4, -0.2) is 30.0 Å². The Morgan fingerprint density at radius 2 is 2.11 bits per heavy atom. The summed E-state index contributed by atoms with van der Waals surface area (Å²) in [5, 5.41) is 11.2. The van der Waals surface area contributed by atoms with Crippen LogP contribution in [0.1, 0.15) is 12.8 Å². The molecule has 1 aromatic heterocycles. The Morgan fingerprint density at radius 3 is 3.00 bits per heavy atom. The van der Waals surface area contributed by atoms with Gasteiger partial charge in [0, 0.05) is 0 Å². The summed E-state index contributed by atoms with van der Waals surface area (Å²) in [6.45, 7) is 4.54. The van der Waals surface area contributed by atoms with Gasteiger partial charge in [0.2, 0.25) is 5.89 Å². The van der Waals surface area contributed by atoms with Crippen LogP contribution in [0.15, 0.2) is 22.6 Å². The van der Waals surface area contributed by atoms with Crippen molar-refractivity contribution in [2.24, 2.45) is 0 Å². The molecule has 0 spiro atoms. The second kappa shape index (κ2) is 5.27. The van der Waals surface area contributed by atoms with Crippen LogP contribution in [0.2, 0.25) is 0 Å². The smallest absolute Gasteiger partial charge is 0.251 e. The van der Waals surface area contributed by atoms with E-state index in [1.807, 2.05) is 25.1 Å². The van der Waals surface area contributed by atoms with Gasteiger partial charge in [0.25, 0.3) is 5.89 Å². The fourth-order valence-electron chi connectivity index (χ4n) is 1.91. The molecule has 0 fully saturated rings. The second-order valence-electron chi connectivity index (χ2n) is 4.11. The molecule has 19 heavy (non-hydrogen) atoms. The van der Waals surface area contributed by atoms with Gasteiger partial charge in [-0.1, -0.05) is 13.0 Å². The first-order valence-corrected chi connectivity index (χ1v) is 6.30. The van der Waals surface area contributed by atoms with Crippen molar-refractivity contribution >= 4 is 0 Å². The lowest BCUT2D eigenvalue weighted by molar-refractivity contribution is 0.172. The lowest BCUT2D eigenvalue weighted by Crippen LogP contribution is -2.15. The highest BCUT2D eigenvalue weighted by Gasteiger charge is 2.20. The van der Waals surface area contributed by atoms with Crippen molar-refractivity contribution in [2.45, 2.75) is 13.5 Å². The van der Waals surface area contributed by atoms with Crippen molar-refractivity contribution < 1.29 is 13.9 Å². The standard InChI is InChI=1S/C13H15N3O3/c1-2-14-8-11-15-16-13(19-11)9-4-3-5-10-12(9)18-7-6-17-10/h3-5,14H,2,6-8H2,1H3. The van der Waals surface area contributed by atoms with Crippen LogP contribution in [-0.2, 0) is 6.54 Å². The maximum atomic E-state index is 5.63. The molecule has 1 N–H and O–H groups in total. The molecular weight excluding hydrogens is 246 g/mol. The van der Waals surface area contributed by atoms with Gasteiger partial charge in [-0.3, -0.25) is 0 Å². The number of hydrogen-bond donors (Lipinski definition) is 1. The summed E-state index contributed by atoms with van der Waals surface area (Å²) in [7, 11) is 0. The van der Waals surface area contributed by atoms with E-state index in [4.69, 9.17) is 13.9 Å². The van der Waals surface area contributed by atoms with E-state index in [1.165, 1.54) is 0 Å². The molecule has 100 valence electrons. The van der Waals surface area contributed by atoms with Crippen molar-refractivity contribution in [3.63, 3.8) is 0 Å². The third-order valence-electron chi connectivity index (χ3n) is 2.79. The highest BCUT2D eigenvalue weighted by Crippen LogP contribution is 2.39. The lowest BCUT2D eigenvalue weighted by Gasteiger charge is -2.19. The number of nitrogens with one attached hydrogen (secondary N) is 1. The van der Waals surface area contributed by atoms with Gasteiger partial charge in [0.1, 0.15) is 13.2 Å². The Bertz CT molecular complexity index is 568. The molecule has 0 atom stereocenters. The summed E-state index contributed by atoms with van der Waals surface area (Å²) in [5.74, 6) is 2.41. The van der Waals surface area contributed by atoms with Gasteiger partial charge >= 0.3 is 0 Å². The Hall–Kier alpha value is -2.08. The molecule has 1 aliphatic heterocycles. The molecule has 6 heteroatoms. The van der Waals surface area contributed by atoms with E-state index in [1.54, 1.807) is 0 Å². The molecule has 1 aromatic carbocycles. The summed E-state index contributed by atoms with van der Waals surface area (Å²) in [6, 6.07) is 5.64. The number of nitrogens with zero attached hydrogens (tertiary/aromatic N) is 2. The summed E-state index contributed by atoms with van der Waals surface area (Å²) < 4.78 is 16.8. The Morgan fingerprint density at radius 1 is 1.21 bits per heavy atom. The average Bonchev–Trinajstić information content (AvgIpc) is 2.93. The Labute approximate surface area is 110 Å². The number of rotatable bonds is 4. The summed E-state index contributed by atoms with van der Waals surface area (Å²) >= 11 is 0. The van der Waals surface area contributed by atoms with Crippen LogP contribution in [0.5, 0.6) is 11.5 Å². The van der Waals surface area contributed by atoms with Crippen molar-refractivity contribution in [3.8, 4) is 23.0 Å². The molecule has 3 rings (SSSR count). The quantitative estimate of drug-likeness (QED) is 0.901. The minimum atomic E-state index is 0.454. The zero-order valence-electron chi connectivity index (χ0n) is 10.7. The van der Waals surface area contributed by atoms with Crippen LogP contribution < -0.4 is 14.8 Å². The van der Waals surface area contributed by atoms with E-state index < -0.39 is 0 Å². The number of aromatic nitrogens is 2. The van der Waals surface area contributed by atoms with Crippen LogP contribution >= 0.6 is 0 Å². The van der Waals surface area contributed by atoms with E-state index in [0.717, 1.165) is 17.9 Å². The first-order chi connectivity index (χ1) is 9.38. The molecular formula is C13H15N3O3. The van der Waals surface area contributed by atoms with Gasteiger partial charge in [0.15, 0.2) is 11.5 Å². The van der Waals surface area contributed by atoms with Crippen molar-refractivity contribution in [2.75, 3.05) is 19.8 Å².